The van der Waals surface area contributed by atoms with Crippen molar-refractivity contribution in [3.05, 3.63) is 0 Å². The summed E-state index contributed by atoms with van der Waals surface area (Å²) in [5.74, 6) is 5.03. The third kappa shape index (κ3) is 1.49. The quantitative estimate of drug-likeness (QED) is 0.822. The van der Waals surface area contributed by atoms with Crippen molar-refractivity contribution < 1.29 is 4.79 Å². The lowest BCUT2D eigenvalue weighted by Crippen LogP contribution is -2.32. The zero-order valence-corrected chi connectivity index (χ0v) is 11.1. The maximum Gasteiger partial charge on any atom is 0.226 e. The molecule has 0 aromatic heterocycles. The van der Waals surface area contributed by atoms with E-state index in [1.54, 1.807) is 0 Å². The van der Waals surface area contributed by atoms with Gasteiger partial charge in [0.15, 0.2) is 0 Å². The number of nitrogens with zero attached hydrogens (tertiary/aromatic N) is 1. The predicted octanol–water partition coefficient (Wildman–Crippen LogP) is 1.48. The molecule has 3 heteroatoms. The number of hydrogen-bond acceptors (Lipinski definition) is 2. The molecule has 2 bridgehead atoms. The van der Waals surface area contributed by atoms with Crippen molar-refractivity contribution in [1.82, 2.24) is 4.90 Å². The monoisotopic (exact) mass is 248 g/mol. The van der Waals surface area contributed by atoms with Gasteiger partial charge in [-0.15, -0.1) is 0 Å². The van der Waals surface area contributed by atoms with Crippen LogP contribution in [0.1, 0.15) is 32.1 Å². The van der Waals surface area contributed by atoms with Gasteiger partial charge in [0.2, 0.25) is 5.91 Å². The molecule has 0 aromatic carbocycles. The fraction of sp³-hybridized carbons (Fsp3) is 0.933. The Morgan fingerprint density at radius 2 is 1.89 bits per heavy atom. The van der Waals surface area contributed by atoms with Gasteiger partial charge in [-0.2, -0.15) is 0 Å². The smallest absolute Gasteiger partial charge is 0.226 e. The lowest BCUT2D eigenvalue weighted by molar-refractivity contribution is -0.132. The third-order valence-electron chi connectivity index (χ3n) is 6.19. The molecule has 2 N–H and O–H groups in total. The Labute approximate surface area is 109 Å². The molecule has 1 amide bonds. The first-order chi connectivity index (χ1) is 8.79. The number of carbonyl (C=O) groups excluding carboxylic acids is 1. The van der Waals surface area contributed by atoms with Crippen LogP contribution in [0, 0.1) is 35.5 Å². The molecular weight excluding hydrogens is 224 g/mol. The number of likely N-dealkylation sites (tertiary alicyclic amines) is 1. The van der Waals surface area contributed by atoms with Crippen LogP contribution in [0.2, 0.25) is 0 Å². The third-order valence-corrected chi connectivity index (χ3v) is 6.19. The summed E-state index contributed by atoms with van der Waals surface area (Å²) in [5, 5.41) is 0. The van der Waals surface area contributed by atoms with Gasteiger partial charge in [0.05, 0.1) is 0 Å². The standard InChI is InChI=1S/C15H24N2O/c16-5-3-9-4-6-17(8-9)15(18)14-12-10-1-2-11(7-10)13(12)14/h9-14H,1-8,16H2. The Balaban J connectivity index is 1.38. The minimum atomic E-state index is 0.438. The van der Waals surface area contributed by atoms with Crippen LogP contribution in [0.4, 0.5) is 0 Å². The molecule has 1 aliphatic heterocycles. The van der Waals surface area contributed by atoms with Gasteiger partial charge in [-0.1, -0.05) is 0 Å². The summed E-state index contributed by atoms with van der Waals surface area (Å²) >= 11 is 0. The molecule has 3 saturated carbocycles. The first kappa shape index (κ1) is 11.3. The van der Waals surface area contributed by atoms with E-state index in [0.717, 1.165) is 49.7 Å². The number of fused-ring (bicyclic) bond motifs is 5. The van der Waals surface area contributed by atoms with Crippen molar-refractivity contribution in [2.45, 2.75) is 32.1 Å². The molecule has 1 heterocycles. The van der Waals surface area contributed by atoms with Gasteiger partial charge >= 0.3 is 0 Å². The molecule has 5 atom stereocenters. The van der Waals surface area contributed by atoms with Crippen molar-refractivity contribution in [2.75, 3.05) is 19.6 Å². The zero-order chi connectivity index (χ0) is 12.3. The molecule has 0 spiro atoms. The van der Waals surface area contributed by atoms with Gasteiger partial charge in [0.25, 0.3) is 0 Å². The van der Waals surface area contributed by atoms with E-state index in [2.05, 4.69) is 4.90 Å². The minimum absolute atomic E-state index is 0.438. The highest BCUT2D eigenvalue weighted by molar-refractivity contribution is 5.83. The molecule has 4 rings (SSSR count). The van der Waals surface area contributed by atoms with Gasteiger partial charge in [-0.05, 0) is 68.2 Å². The predicted molar refractivity (Wildman–Crippen MR) is 69.7 cm³/mol. The van der Waals surface area contributed by atoms with Gasteiger partial charge in [0.1, 0.15) is 0 Å². The Bertz CT molecular complexity index is 354. The van der Waals surface area contributed by atoms with E-state index >= 15 is 0 Å². The lowest BCUT2D eigenvalue weighted by Gasteiger charge is -2.18. The van der Waals surface area contributed by atoms with E-state index in [1.165, 1.54) is 25.7 Å². The molecule has 4 fully saturated rings. The van der Waals surface area contributed by atoms with Crippen LogP contribution in [0.3, 0.4) is 0 Å². The van der Waals surface area contributed by atoms with E-state index in [-0.39, 0.29) is 0 Å². The van der Waals surface area contributed by atoms with E-state index in [9.17, 15) is 4.79 Å². The van der Waals surface area contributed by atoms with Gasteiger partial charge < -0.3 is 10.6 Å². The van der Waals surface area contributed by atoms with Crippen LogP contribution in [-0.4, -0.2) is 30.4 Å². The van der Waals surface area contributed by atoms with Crippen molar-refractivity contribution >= 4 is 5.91 Å². The lowest BCUT2D eigenvalue weighted by atomic mass is 10.0. The average Bonchev–Trinajstić information content (AvgIpc) is 2.76. The molecule has 3 nitrogen and oxygen atoms in total. The van der Waals surface area contributed by atoms with Crippen LogP contribution < -0.4 is 5.73 Å². The maximum atomic E-state index is 12.6. The summed E-state index contributed by atoms with van der Waals surface area (Å²) in [5.41, 5.74) is 5.62. The number of carbonyl (C=O) groups is 1. The summed E-state index contributed by atoms with van der Waals surface area (Å²) in [6, 6.07) is 0. The highest BCUT2D eigenvalue weighted by Crippen LogP contribution is 2.69. The van der Waals surface area contributed by atoms with Crippen molar-refractivity contribution in [2.24, 2.45) is 41.2 Å². The first-order valence-electron chi connectivity index (χ1n) is 7.78. The van der Waals surface area contributed by atoms with E-state index in [1.807, 2.05) is 0 Å². The largest absolute Gasteiger partial charge is 0.342 e. The second kappa shape index (κ2) is 3.96. The maximum absolute atomic E-state index is 12.6. The van der Waals surface area contributed by atoms with Crippen LogP contribution in [-0.2, 0) is 4.79 Å². The Morgan fingerprint density at radius 1 is 1.17 bits per heavy atom. The van der Waals surface area contributed by atoms with Gasteiger partial charge in [0, 0.05) is 19.0 Å². The SMILES string of the molecule is NCCC1CCN(C(=O)C2C3C4CCC(C4)C23)C1. The normalized spacial score (nSPS) is 48.6. The molecule has 0 aromatic rings. The van der Waals surface area contributed by atoms with Crippen molar-refractivity contribution in [1.29, 1.82) is 0 Å². The van der Waals surface area contributed by atoms with E-state index in [4.69, 9.17) is 5.73 Å². The Morgan fingerprint density at radius 3 is 2.56 bits per heavy atom. The zero-order valence-electron chi connectivity index (χ0n) is 11.1. The fourth-order valence-electron chi connectivity index (χ4n) is 5.37. The first-order valence-corrected chi connectivity index (χ1v) is 7.78. The summed E-state index contributed by atoms with van der Waals surface area (Å²) in [4.78, 5) is 14.7. The topological polar surface area (TPSA) is 46.3 Å². The molecule has 5 unspecified atom stereocenters. The summed E-state index contributed by atoms with van der Waals surface area (Å²) in [7, 11) is 0. The molecule has 100 valence electrons. The second-order valence-electron chi connectivity index (χ2n) is 7.03. The molecule has 3 aliphatic carbocycles. The number of rotatable bonds is 3. The van der Waals surface area contributed by atoms with Crippen molar-refractivity contribution in [3.63, 3.8) is 0 Å². The molecule has 1 saturated heterocycles. The van der Waals surface area contributed by atoms with E-state index in [0.29, 0.717) is 17.7 Å². The molecule has 18 heavy (non-hydrogen) atoms. The van der Waals surface area contributed by atoms with E-state index < -0.39 is 0 Å². The number of amides is 1. The second-order valence-corrected chi connectivity index (χ2v) is 7.03. The summed E-state index contributed by atoms with van der Waals surface area (Å²) in [6.07, 6.45) is 6.52. The summed E-state index contributed by atoms with van der Waals surface area (Å²) < 4.78 is 0. The van der Waals surface area contributed by atoms with Crippen LogP contribution in [0.25, 0.3) is 0 Å². The Hall–Kier alpha value is -0.570. The fourth-order valence-corrected chi connectivity index (χ4v) is 5.37. The molecule has 0 radical (unpaired) electrons. The molecule has 4 aliphatic rings. The van der Waals surface area contributed by atoms with Crippen LogP contribution in [0.15, 0.2) is 0 Å². The van der Waals surface area contributed by atoms with Gasteiger partial charge in [-0.25, -0.2) is 0 Å². The summed E-state index contributed by atoms with van der Waals surface area (Å²) in [6.45, 7) is 2.75. The van der Waals surface area contributed by atoms with Crippen LogP contribution >= 0.6 is 0 Å². The van der Waals surface area contributed by atoms with Crippen LogP contribution in [0.5, 0.6) is 0 Å². The highest BCUT2D eigenvalue weighted by atomic mass is 16.2. The minimum Gasteiger partial charge on any atom is -0.342 e. The Kier molecular flexibility index (Phi) is 2.48. The average molecular weight is 248 g/mol. The number of nitrogens with two attached hydrogens (primary N) is 1. The highest BCUT2D eigenvalue weighted by Gasteiger charge is 2.68. The molecular formula is C15H24N2O. The van der Waals surface area contributed by atoms with Crippen molar-refractivity contribution in [3.8, 4) is 0 Å². The van der Waals surface area contributed by atoms with Gasteiger partial charge in [-0.3, -0.25) is 4.79 Å². The number of hydrogen-bond donors (Lipinski definition) is 1.